The van der Waals surface area contributed by atoms with Crippen molar-refractivity contribution >= 4 is 23.2 Å². The number of amides is 2. The summed E-state index contributed by atoms with van der Waals surface area (Å²) >= 11 is 1.31. The maximum absolute atomic E-state index is 12.8. The van der Waals surface area contributed by atoms with Crippen LogP contribution in [0.25, 0.3) is 10.6 Å². The molecule has 10 heteroatoms. The molecule has 2 aliphatic rings. The van der Waals surface area contributed by atoms with Gasteiger partial charge in [-0.05, 0) is 25.0 Å². The zero-order valence-corrected chi connectivity index (χ0v) is 19.8. The van der Waals surface area contributed by atoms with E-state index in [0.29, 0.717) is 49.0 Å². The predicted octanol–water partition coefficient (Wildman–Crippen LogP) is 3.92. The normalized spacial score (nSPS) is 18.1. The molecule has 2 aromatic rings. The zero-order chi connectivity index (χ0) is 24.1. The molecule has 1 aromatic carbocycles. The van der Waals surface area contributed by atoms with E-state index in [1.807, 2.05) is 4.90 Å². The summed E-state index contributed by atoms with van der Waals surface area (Å²) in [5, 5.41) is 2.37. The molecule has 0 radical (unpaired) electrons. The number of hydrogen-bond acceptors (Lipinski definition) is 5. The predicted molar refractivity (Wildman–Crippen MR) is 124 cm³/mol. The first kappa shape index (κ1) is 24.7. The summed E-state index contributed by atoms with van der Waals surface area (Å²) in [6.07, 6.45) is 0.314. The summed E-state index contributed by atoms with van der Waals surface area (Å²) in [6.45, 7) is 4.58. The van der Waals surface area contributed by atoms with Crippen molar-refractivity contribution in [1.29, 1.82) is 0 Å². The van der Waals surface area contributed by atoms with Crippen LogP contribution < -0.4 is 0 Å². The molecule has 3 heterocycles. The second-order valence-corrected chi connectivity index (χ2v) is 9.71. The van der Waals surface area contributed by atoms with Gasteiger partial charge in [-0.15, -0.1) is 11.3 Å². The summed E-state index contributed by atoms with van der Waals surface area (Å²) in [4.78, 5) is 35.7. The number of alkyl halides is 3. The fraction of sp³-hybridized carbons (Fsp3) is 0.542. The smallest absolute Gasteiger partial charge is 0.342 e. The molecule has 2 saturated heterocycles. The highest BCUT2D eigenvalue weighted by molar-refractivity contribution is 7.13. The molecule has 6 nitrogen and oxygen atoms in total. The highest BCUT2D eigenvalue weighted by atomic mass is 32.1. The average Bonchev–Trinajstić information content (AvgIpc) is 3.10. The molecule has 34 heavy (non-hydrogen) atoms. The van der Waals surface area contributed by atoms with Crippen LogP contribution >= 0.6 is 11.3 Å². The number of aromatic nitrogens is 1. The molecule has 0 saturated carbocycles. The maximum Gasteiger partial charge on any atom is 0.416 e. The van der Waals surface area contributed by atoms with E-state index in [2.05, 4.69) is 9.88 Å². The van der Waals surface area contributed by atoms with Gasteiger partial charge in [0.25, 0.3) is 0 Å². The van der Waals surface area contributed by atoms with Gasteiger partial charge in [0.05, 0.1) is 24.2 Å². The van der Waals surface area contributed by atoms with Crippen LogP contribution in [-0.4, -0.2) is 77.3 Å². The fourth-order valence-corrected chi connectivity index (χ4v) is 5.18. The highest BCUT2D eigenvalue weighted by Gasteiger charge is 2.30. The summed E-state index contributed by atoms with van der Waals surface area (Å²) in [5.74, 6) is 0.155. The molecule has 0 atom stereocenters. The largest absolute Gasteiger partial charge is 0.416 e. The first-order valence-corrected chi connectivity index (χ1v) is 12.6. The molecule has 2 fully saturated rings. The van der Waals surface area contributed by atoms with Crippen molar-refractivity contribution in [3.05, 3.63) is 40.9 Å². The van der Waals surface area contributed by atoms with Crippen LogP contribution in [0.4, 0.5) is 13.2 Å². The molecule has 0 aliphatic carbocycles. The minimum absolute atomic E-state index is 0.0252. The van der Waals surface area contributed by atoms with E-state index in [1.165, 1.54) is 36.3 Å². The molecule has 184 valence electrons. The summed E-state index contributed by atoms with van der Waals surface area (Å²) in [5.41, 5.74) is 0.513. The summed E-state index contributed by atoms with van der Waals surface area (Å²) in [6, 6.07) is 4.88. The Morgan fingerprint density at radius 1 is 0.853 bits per heavy atom. The molecule has 2 aliphatic heterocycles. The van der Waals surface area contributed by atoms with Crippen molar-refractivity contribution in [3.8, 4) is 10.6 Å². The summed E-state index contributed by atoms with van der Waals surface area (Å²) in [7, 11) is 0. The lowest BCUT2D eigenvalue weighted by Gasteiger charge is -2.35. The van der Waals surface area contributed by atoms with E-state index in [4.69, 9.17) is 0 Å². The molecule has 0 unspecified atom stereocenters. The number of benzene rings is 1. The van der Waals surface area contributed by atoms with Crippen molar-refractivity contribution in [2.45, 2.75) is 38.3 Å². The number of carbonyl (C=O) groups excluding carboxylic acids is 2. The minimum Gasteiger partial charge on any atom is -0.342 e. The lowest BCUT2D eigenvalue weighted by atomic mass is 10.1. The molecule has 1 aromatic heterocycles. The van der Waals surface area contributed by atoms with Gasteiger partial charge in [-0.2, -0.15) is 13.2 Å². The van der Waals surface area contributed by atoms with Crippen molar-refractivity contribution in [1.82, 2.24) is 19.7 Å². The van der Waals surface area contributed by atoms with E-state index in [1.54, 1.807) is 10.3 Å². The van der Waals surface area contributed by atoms with Crippen LogP contribution in [0.2, 0.25) is 0 Å². The molecule has 4 rings (SSSR count). The molecule has 0 bridgehead atoms. The first-order valence-electron chi connectivity index (χ1n) is 11.7. The Bertz CT molecular complexity index is 977. The van der Waals surface area contributed by atoms with Crippen molar-refractivity contribution in [2.75, 3.05) is 45.8 Å². The second kappa shape index (κ2) is 10.9. The minimum atomic E-state index is -4.37. The monoisotopic (exact) mass is 494 g/mol. The molecule has 2 amide bonds. The van der Waals surface area contributed by atoms with E-state index in [-0.39, 0.29) is 18.2 Å². The topological polar surface area (TPSA) is 56.8 Å². The van der Waals surface area contributed by atoms with Gasteiger partial charge in [-0.3, -0.25) is 14.5 Å². The lowest BCUT2D eigenvalue weighted by molar-refractivity contribution is -0.138. The van der Waals surface area contributed by atoms with Gasteiger partial charge < -0.3 is 9.80 Å². The van der Waals surface area contributed by atoms with E-state index in [0.717, 1.165) is 38.1 Å². The van der Waals surface area contributed by atoms with Crippen molar-refractivity contribution in [2.24, 2.45) is 0 Å². The maximum atomic E-state index is 12.8. The third-order valence-electron chi connectivity index (χ3n) is 6.39. The van der Waals surface area contributed by atoms with Gasteiger partial charge in [0.15, 0.2) is 0 Å². The van der Waals surface area contributed by atoms with E-state index in [9.17, 15) is 22.8 Å². The fourth-order valence-electron chi connectivity index (χ4n) is 4.36. The quantitative estimate of drug-likeness (QED) is 0.633. The van der Waals surface area contributed by atoms with Crippen LogP contribution in [0, 0.1) is 0 Å². The van der Waals surface area contributed by atoms with Gasteiger partial charge in [-0.25, -0.2) is 4.98 Å². The number of hydrogen-bond donors (Lipinski definition) is 0. The Morgan fingerprint density at radius 3 is 2.09 bits per heavy atom. The molecular formula is C24H29F3N4O2S. The Labute approximate surface area is 201 Å². The Hall–Kier alpha value is -2.46. The van der Waals surface area contributed by atoms with Crippen LogP contribution in [0.3, 0.4) is 0 Å². The van der Waals surface area contributed by atoms with E-state index < -0.39 is 11.7 Å². The number of rotatable bonds is 5. The SMILES string of the molecule is O=C(Cc1csc(-c2ccc(C(F)(F)F)cc2)n1)N1CCN(CC(=O)N2CCCCCC2)CC1. The third-order valence-corrected chi connectivity index (χ3v) is 7.33. The Morgan fingerprint density at radius 2 is 1.47 bits per heavy atom. The molecule has 0 spiro atoms. The van der Waals surface area contributed by atoms with Crippen molar-refractivity contribution in [3.63, 3.8) is 0 Å². The number of thiazole rings is 1. The van der Waals surface area contributed by atoms with E-state index >= 15 is 0 Å². The van der Waals surface area contributed by atoms with Crippen LogP contribution in [-0.2, 0) is 22.2 Å². The lowest BCUT2D eigenvalue weighted by Crippen LogP contribution is -2.52. The van der Waals surface area contributed by atoms with Gasteiger partial charge in [-0.1, -0.05) is 25.0 Å². The van der Waals surface area contributed by atoms with Gasteiger partial charge in [0.2, 0.25) is 11.8 Å². The zero-order valence-electron chi connectivity index (χ0n) is 19.0. The number of likely N-dealkylation sites (tertiary alicyclic amines) is 1. The first-order chi connectivity index (χ1) is 16.3. The Balaban J connectivity index is 1.25. The van der Waals surface area contributed by atoms with Crippen LogP contribution in [0.1, 0.15) is 36.9 Å². The standard InChI is InChI=1S/C24H29F3N4O2S/c25-24(26,27)19-7-5-18(6-8-19)23-28-20(17-34-23)15-21(32)31-13-11-29(12-14-31)16-22(33)30-9-3-1-2-4-10-30/h5-8,17H,1-4,9-16H2. The second-order valence-electron chi connectivity index (χ2n) is 8.85. The summed E-state index contributed by atoms with van der Waals surface area (Å²) < 4.78 is 38.3. The number of halogens is 3. The number of carbonyl (C=O) groups is 2. The Kier molecular flexibility index (Phi) is 7.88. The highest BCUT2D eigenvalue weighted by Crippen LogP contribution is 2.31. The molecule has 0 N–H and O–H groups in total. The van der Waals surface area contributed by atoms with Crippen molar-refractivity contribution < 1.29 is 22.8 Å². The van der Waals surface area contributed by atoms with Crippen LogP contribution in [0.15, 0.2) is 29.6 Å². The molecular weight excluding hydrogens is 465 g/mol. The van der Waals surface area contributed by atoms with Crippen LogP contribution in [0.5, 0.6) is 0 Å². The number of nitrogens with zero attached hydrogens (tertiary/aromatic N) is 4. The number of piperazine rings is 1. The third kappa shape index (κ3) is 6.35. The average molecular weight is 495 g/mol. The van der Waals surface area contributed by atoms with Gasteiger partial charge in [0, 0.05) is 50.2 Å². The van der Waals surface area contributed by atoms with Gasteiger partial charge >= 0.3 is 6.18 Å². The van der Waals surface area contributed by atoms with Gasteiger partial charge in [0.1, 0.15) is 5.01 Å².